The van der Waals surface area contributed by atoms with Crippen LogP contribution >= 0.6 is 0 Å². The van der Waals surface area contributed by atoms with Gasteiger partial charge in [0.15, 0.2) is 0 Å². The van der Waals surface area contributed by atoms with Crippen LogP contribution in [-0.4, -0.2) is 83.9 Å². The maximum atomic E-state index is 11.5. The van der Waals surface area contributed by atoms with Crippen LogP contribution in [0.2, 0.25) is 0 Å². The van der Waals surface area contributed by atoms with Gasteiger partial charge >= 0.3 is 0 Å². The van der Waals surface area contributed by atoms with Gasteiger partial charge in [0.25, 0.3) is 0 Å². The minimum absolute atomic E-state index is 0.127. The van der Waals surface area contributed by atoms with E-state index in [2.05, 4.69) is 19.8 Å². The van der Waals surface area contributed by atoms with Gasteiger partial charge in [0.05, 0.1) is 0 Å². The van der Waals surface area contributed by atoms with Crippen LogP contribution in [0.1, 0.15) is 19.7 Å². The predicted octanol–water partition coefficient (Wildman–Crippen LogP) is 0.122. The van der Waals surface area contributed by atoms with E-state index in [0.29, 0.717) is 0 Å². The van der Waals surface area contributed by atoms with E-state index >= 15 is 0 Å². The molecule has 2 saturated heterocycles. The van der Waals surface area contributed by atoms with E-state index in [1.54, 1.807) is 13.8 Å². The molecule has 1 aromatic heterocycles. The average Bonchev–Trinajstić information content (AvgIpc) is 2.61. The van der Waals surface area contributed by atoms with Crippen LogP contribution in [0.4, 0.5) is 11.6 Å². The molecule has 0 radical (unpaired) electrons. The molecule has 25 heavy (non-hydrogen) atoms. The van der Waals surface area contributed by atoms with E-state index in [0.717, 1.165) is 69.8 Å². The summed E-state index contributed by atoms with van der Waals surface area (Å²) in [4.78, 5) is 40.3. The maximum Gasteiger partial charge on any atom is 0.219 e. The van der Waals surface area contributed by atoms with E-state index in [-0.39, 0.29) is 11.8 Å². The minimum Gasteiger partial charge on any atom is -0.353 e. The molecule has 0 atom stereocenters. The summed E-state index contributed by atoms with van der Waals surface area (Å²) in [6.07, 6.45) is 0. The lowest BCUT2D eigenvalue weighted by atomic mass is 10.2. The van der Waals surface area contributed by atoms with Crippen molar-refractivity contribution in [1.82, 2.24) is 19.8 Å². The van der Waals surface area contributed by atoms with Crippen molar-refractivity contribution in [3.8, 4) is 0 Å². The van der Waals surface area contributed by atoms with Crippen LogP contribution in [-0.2, 0) is 9.59 Å². The highest BCUT2D eigenvalue weighted by Gasteiger charge is 2.23. The van der Waals surface area contributed by atoms with E-state index in [4.69, 9.17) is 0 Å². The van der Waals surface area contributed by atoms with Gasteiger partial charge in [-0.3, -0.25) is 9.59 Å². The zero-order chi connectivity index (χ0) is 18.0. The Morgan fingerprint density at radius 1 is 0.760 bits per heavy atom. The summed E-state index contributed by atoms with van der Waals surface area (Å²) in [5.74, 6) is 2.83. The van der Waals surface area contributed by atoms with Crippen LogP contribution in [0.15, 0.2) is 6.07 Å². The molecule has 0 aromatic carbocycles. The first kappa shape index (κ1) is 17.4. The topological polar surface area (TPSA) is 72.9 Å². The van der Waals surface area contributed by atoms with Crippen molar-refractivity contribution < 1.29 is 9.59 Å². The van der Waals surface area contributed by atoms with Crippen molar-refractivity contribution in [2.75, 3.05) is 62.2 Å². The molecule has 0 saturated carbocycles. The number of hydrogen-bond acceptors (Lipinski definition) is 6. The van der Waals surface area contributed by atoms with Crippen molar-refractivity contribution in [1.29, 1.82) is 0 Å². The molecule has 2 amide bonds. The maximum absolute atomic E-state index is 11.5. The van der Waals surface area contributed by atoms with E-state index in [1.807, 2.05) is 22.8 Å². The second-order valence-electron chi connectivity index (χ2n) is 6.62. The van der Waals surface area contributed by atoms with Gasteiger partial charge in [0.1, 0.15) is 17.5 Å². The van der Waals surface area contributed by atoms with Crippen molar-refractivity contribution >= 4 is 23.5 Å². The molecule has 0 bridgehead atoms. The second kappa shape index (κ2) is 7.25. The summed E-state index contributed by atoms with van der Waals surface area (Å²) in [6.45, 7) is 11.2. The zero-order valence-corrected chi connectivity index (χ0v) is 15.2. The number of carbonyl (C=O) groups excluding carboxylic acids is 2. The fourth-order valence-corrected chi connectivity index (χ4v) is 3.36. The summed E-state index contributed by atoms with van der Waals surface area (Å²) in [5, 5.41) is 0. The highest BCUT2D eigenvalue weighted by molar-refractivity contribution is 5.74. The van der Waals surface area contributed by atoms with E-state index < -0.39 is 0 Å². The van der Waals surface area contributed by atoms with Crippen LogP contribution in [0.3, 0.4) is 0 Å². The first-order valence-electron chi connectivity index (χ1n) is 8.80. The molecule has 2 fully saturated rings. The monoisotopic (exact) mass is 346 g/mol. The zero-order valence-electron chi connectivity index (χ0n) is 15.2. The lowest BCUT2D eigenvalue weighted by molar-refractivity contribution is -0.129. The van der Waals surface area contributed by atoms with Crippen LogP contribution in [0, 0.1) is 6.92 Å². The Bertz CT molecular complexity index is 596. The Labute approximate surface area is 148 Å². The molecule has 136 valence electrons. The molecular weight excluding hydrogens is 320 g/mol. The second-order valence-corrected chi connectivity index (χ2v) is 6.62. The first-order valence-corrected chi connectivity index (χ1v) is 8.80. The fraction of sp³-hybridized carbons (Fsp3) is 0.647. The quantitative estimate of drug-likeness (QED) is 0.757. The molecule has 0 aliphatic carbocycles. The third kappa shape index (κ3) is 4.00. The highest BCUT2D eigenvalue weighted by atomic mass is 16.2. The van der Waals surface area contributed by atoms with Gasteiger partial charge in [-0.1, -0.05) is 0 Å². The largest absolute Gasteiger partial charge is 0.353 e. The van der Waals surface area contributed by atoms with Crippen molar-refractivity contribution in [3.05, 3.63) is 11.9 Å². The molecular formula is C17H26N6O2. The molecule has 3 rings (SSSR count). The predicted molar refractivity (Wildman–Crippen MR) is 95.7 cm³/mol. The van der Waals surface area contributed by atoms with Gasteiger partial charge in [-0.15, -0.1) is 0 Å². The lowest BCUT2D eigenvalue weighted by Crippen LogP contribution is -2.49. The van der Waals surface area contributed by atoms with Crippen LogP contribution in [0.5, 0.6) is 0 Å². The Morgan fingerprint density at radius 3 is 1.44 bits per heavy atom. The SMILES string of the molecule is CC(=O)N1CCN(c2cc(N3CCN(C(C)=O)CC3)nc(C)n2)CC1. The molecule has 8 nitrogen and oxygen atoms in total. The summed E-state index contributed by atoms with van der Waals surface area (Å²) in [5.41, 5.74) is 0. The Kier molecular flexibility index (Phi) is 5.06. The van der Waals surface area contributed by atoms with E-state index in [1.165, 1.54) is 0 Å². The van der Waals surface area contributed by atoms with Crippen molar-refractivity contribution in [2.24, 2.45) is 0 Å². The standard InChI is InChI=1S/C17H26N6O2/c1-13-18-16(22-8-4-20(5-9-22)14(2)24)12-17(19-13)23-10-6-21(7-11-23)15(3)25/h12H,4-11H2,1-3H3. The van der Waals surface area contributed by atoms with Gasteiger partial charge in [-0.25, -0.2) is 9.97 Å². The number of hydrogen-bond donors (Lipinski definition) is 0. The summed E-state index contributed by atoms with van der Waals surface area (Å²) >= 11 is 0. The summed E-state index contributed by atoms with van der Waals surface area (Å²) < 4.78 is 0. The van der Waals surface area contributed by atoms with Gasteiger partial charge in [0, 0.05) is 72.3 Å². The number of rotatable bonds is 2. The molecule has 8 heteroatoms. The molecule has 0 N–H and O–H groups in total. The summed E-state index contributed by atoms with van der Waals surface area (Å²) in [6, 6.07) is 2.03. The lowest BCUT2D eigenvalue weighted by Gasteiger charge is -2.37. The molecule has 2 aliphatic rings. The van der Waals surface area contributed by atoms with Gasteiger partial charge in [-0.05, 0) is 6.92 Å². The van der Waals surface area contributed by atoms with Gasteiger partial charge < -0.3 is 19.6 Å². The average molecular weight is 346 g/mol. The Balaban J connectivity index is 1.69. The van der Waals surface area contributed by atoms with Crippen LogP contribution < -0.4 is 9.80 Å². The highest BCUT2D eigenvalue weighted by Crippen LogP contribution is 2.21. The number of aromatic nitrogens is 2. The summed E-state index contributed by atoms with van der Waals surface area (Å²) in [7, 11) is 0. The van der Waals surface area contributed by atoms with E-state index in [9.17, 15) is 9.59 Å². The van der Waals surface area contributed by atoms with Gasteiger partial charge in [-0.2, -0.15) is 0 Å². The third-order valence-corrected chi connectivity index (χ3v) is 4.91. The molecule has 1 aromatic rings. The fourth-order valence-electron chi connectivity index (χ4n) is 3.36. The normalized spacial score (nSPS) is 18.5. The van der Waals surface area contributed by atoms with Crippen LogP contribution in [0.25, 0.3) is 0 Å². The van der Waals surface area contributed by atoms with Crippen molar-refractivity contribution in [3.63, 3.8) is 0 Å². The third-order valence-electron chi connectivity index (χ3n) is 4.91. The first-order chi connectivity index (χ1) is 11.9. The molecule has 0 unspecified atom stereocenters. The molecule has 3 heterocycles. The Hall–Kier alpha value is -2.38. The molecule has 2 aliphatic heterocycles. The number of piperazine rings is 2. The van der Waals surface area contributed by atoms with Crippen molar-refractivity contribution in [2.45, 2.75) is 20.8 Å². The number of aryl methyl sites for hydroxylation is 1. The number of amides is 2. The number of carbonyl (C=O) groups is 2. The van der Waals surface area contributed by atoms with Gasteiger partial charge in [0.2, 0.25) is 11.8 Å². The molecule has 0 spiro atoms. The Morgan fingerprint density at radius 2 is 1.12 bits per heavy atom. The number of anilines is 2. The minimum atomic E-state index is 0.127. The smallest absolute Gasteiger partial charge is 0.219 e. The number of nitrogens with zero attached hydrogens (tertiary/aromatic N) is 6.